The van der Waals surface area contributed by atoms with E-state index in [2.05, 4.69) is 4.18 Å². The Bertz CT molecular complexity index is 671. The van der Waals surface area contributed by atoms with Gasteiger partial charge in [0, 0.05) is 11.6 Å². The summed E-state index contributed by atoms with van der Waals surface area (Å²) in [5.41, 5.74) is 0.383. The second kappa shape index (κ2) is 7.39. The fraction of sp³-hybridized carbons (Fsp3) is 0.143. The maximum absolute atomic E-state index is 11.6. The van der Waals surface area contributed by atoms with Gasteiger partial charge in [-0.15, -0.1) is 0 Å². The Balaban J connectivity index is 2.83. The third-order valence-electron chi connectivity index (χ3n) is 2.36. The first-order valence-electron chi connectivity index (χ1n) is 5.99. The minimum Gasteiger partial charge on any atom is -0.478 e. The normalized spacial score (nSPS) is 12.3. The van der Waals surface area contributed by atoms with E-state index in [4.69, 9.17) is 5.11 Å². The van der Waals surface area contributed by atoms with E-state index in [1.807, 2.05) is 0 Å². The Labute approximate surface area is 122 Å². The van der Waals surface area contributed by atoms with Gasteiger partial charge in [-0.3, -0.25) is 0 Å². The number of carboxylic acids is 1. The molecule has 0 aliphatic rings. The summed E-state index contributed by atoms with van der Waals surface area (Å²) in [4.78, 5) is 22.1. The van der Waals surface area contributed by atoms with Crippen LogP contribution in [0.3, 0.4) is 0 Å². The van der Waals surface area contributed by atoms with Crippen LogP contribution in [0.4, 0.5) is 0 Å². The van der Waals surface area contributed by atoms with Crippen molar-refractivity contribution in [2.45, 2.75) is 13.3 Å². The third-order valence-corrected chi connectivity index (χ3v) is 3.21. The summed E-state index contributed by atoms with van der Waals surface area (Å²) in [6.45, 7) is 1.52. The Morgan fingerprint density at radius 2 is 1.86 bits per heavy atom. The molecule has 0 heterocycles. The van der Waals surface area contributed by atoms with Gasteiger partial charge in [0.2, 0.25) is 0 Å². The van der Waals surface area contributed by atoms with Crippen LogP contribution in [0, 0.1) is 0 Å². The lowest BCUT2D eigenvalue weighted by molar-refractivity contribution is -0.133. The Morgan fingerprint density at radius 3 is 2.38 bits per heavy atom. The highest BCUT2D eigenvalue weighted by Gasteiger charge is 2.18. The number of carbonyl (C=O) groups excluding carboxylic acids is 1. The number of aliphatic carboxylic acids is 1. The van der Waals surface area contributed by atoms with Crippen molar-refractivity contribution in [3.8, 4) is 0 Å². The van der Waals surface area contributed by atoms with Crippen molar-refractivity contribution in [2.24, 2.45) is 0 Å². The number of carbonyl (C=O) groups is 2. The highest BCUT2D eigenvalue weighted by molar-refractivity contribution is 7.90. The van der Waals surface area contributed by atoms with Crippen LogP contribution < -0.4 is 0 Å². The fourth-order valence-electron chi connectivity index (χ4n) is 1.37. The maximum Gasteiger partial charge on any atom is 0.350 e. The summed E-state index contributed by atoms with van der Waals surface area (Å²) in [7, 11) is -4.23. The first-order chi connectivity index (χ1) is 9.84. The van der Waals surface area contributed by atoms with E-state index in [9.17, 15) is 18.0 Å². The van der Waals surface area contributed by atoms with E-state index in [0.717, 1.165) is 5.41 Å². The van der Waals surface area contributed by atoms with Gasteiger partial charge < -0.3 is 9.29 Å². The molecular weight excluding hydrogens is 296 g/mol. The lowest BCUT2D eigenvalue weighted by Crippen LogP contribution is -2.13. The second-order valence-corrected chi connectivity index (χ2v) is 5.36. The third kappa shape index (κ3) is 6.05. The molecule has 0 radical (unpaired) electrons. The zero-order chi connectivity index (χ0) is 15.9. The lowest BCUT2D eigenvalue weighted by Gasteiger charge is -2.03. The molecule has 0 aliphatic heterocycles. The van der Waals surface area contributed by atoms with Gasteiger partial charge in [-0.25, -0.2) is 9.59 Å². The average Bonchev–Trinajstić information content (AvgIpc) is 2.43. The molecule has 7 heteroatoms. The van der Waals surface area contributed by atoms with E-state index >= 15 is 0 Å². The van der Waals surface area contributed by atoms with Crippen molar-refractivity contribution in [1.82, 2.24) is 0 Å². The fourth-order valence-corrected chi connectivity index (χ4v) is 2.06. The molecule has 0 aromatic heterocycles. The zero-order valence-electron chi connectivity index (χ0n) is 11.2. The van der Waals surface area contributed by atoms with Gasteiger partial charge in [-0.2, -0.15) is 8.42 Å². The highest BCUT2D eigenvalue weighted by atomic mass is 32.2. The van der Waals surface area contributed by atoms with Gasteiger partial charge in [-0.05, 0) is 18.1 Å². The van der Waals surface area contributed by atoms with Crippen molar-refractivity contribution in [2.75, 3.05) is 0 Å². The van der Waals surface area contributed by atoms with Gasteiger partial charge in [0.05, 0.1) is 5.41 Å². The lowest BCUT2D eigenvalue weighted by atomic mass is 10.2. The highest BCUT2D eigenvalue weighted by Crippen LogP contribution is 2.09. The molecule has 0 atom stereocenters. The van der Waals surface area contributed by atoms with Crippen LogP contribution in [0.15, 0.2) is 47.4 Å². The second-order valence-electron chi connectivity index (χ2n) is 3.94. The van der Waals surface area contributed by atoms with Gasteiger partial charge in [0.15, 0.2) is 0 Å². The van der Waals surface area contributed by atoms with E-state index in [1.165, 1.54) is 13.0 Å². The molecule has 0 saturated carbocycles. The quantitative estimate of drug-likeness (QED) is 0.637. The summed E-state index contributed by atoms with van der Waals surface area (Å²) in [5, 5.41) is 9.31. The Morgan fingerprint density at radius 1 is 1.24 bits per heavy atom. The van der Waals surface area contributed by atoms with Crippen LogP contribution in [-0.4, -0.2) is 25.5 Å². The molecule has 0 amide bonds. The van der Waals surface area contributed by atoms with Crippen LogP contribution in [0.5, 0.6) is 0 Å². The SMILES string of the molecule is CCC(=CC(=O)O)C(=O)OS(=O)(=O)C=Cc1ccccc1. The monoisotopic (exact) mass is 310 g/mol. The van der Waals surface area contributed by atoms with Crippen LogP contribution >= 0.6 is 0 Å². The number of carboxylic acid groups (broad SMARTS) is 1. The van der Waals surface area contributed by atoms with Gasteiger partial charge >= 0.3 is 22.1 Å². The van der Waals surface area contributed by atoms with Crippen LogP contribution in [-0.2, 0) is 23.9 Å². The van der Waals surface area contributed by atoms with Gasteiger partial charge in [-0.1, -0.05) is 37.3 Å². The summed E-state index contributed by atoms with van der Waals surface area (Å²) >= 11 is 0. The maximum atomic E-state index is 11.6. The minimum atomic E-state index is -4.23. The van der Waals surface area contributed by atoms with Crippen molar-refractivity contribution in [3.05, 3.63) is 53.0 Å². The number of rotatable bonds is 6. The molecule has 1 rings (SSSR count). The number of hydrogen-bond donors (Lipinski definition) is 1. The van der Waals surface area contributed by atoms with Crippen molar-refractivity contribution in [1.29, 1.82) is 0 Å². The molecule has 112 valence electrons. The van der Waals surface area contributed by atoms with Crippen molar-refractivity contribution in [3.63, 3.8) is 0 Å². The molecule has 1 N–H and O–H groups in total. The summed E-state index contributed by atoms with van der Waals surface area (Å²) in [6, 6.07) is 8.58. The minimum absolute atomic E-state index is 0.0447. The standard InChI is InChI=1S/C14H14O6S/c1-2-12(10-13(15)16)14(17)20-21(18,19)9-8-11-6-4-3-5-7-11/h3-10H,2H2,1H3,(H,15,16). The Kier molecular flexibility index (Phi) is 5.86. The van der Waals surface area contributed by atoms with E-state index in [1.54, 1.807) is 30.3 Å². The molecule has 0 spiro atoms. The molecule has 0 saturated heterocycles. The molecular formula is C14H14O6S. The van der Waals surface area contributed by atoms with Crippen LogP contribution in [0.25, 0.3) is 6.08 Å². The molecule has 1 aromatic rings. The first kappa shape index (κ1) is 16.6. The van der Waals surface area contributed by atoms with Gasteiger partial charge in [0.25, 0.3) is 0 Å². The zero-order valence-corrected chi connectivity index (χ0v) is 12.0. The molecule has 0 unspecified atom stereocenters. The van der Waals surface area contributed by atoms with E-state index < -0.39 is 22.1 Å². The van der Waals surface area contributed by atoms with Crippen LogP contribution in [0.1, 0.15) is 18.9 Å². The van der Waals surface area contributed by atoms with Crippen LogP contribution in [0.2, 0.25) is 0 Å². The van der Waals surface area contributed by atoms with Crippen molar-refractivity contribution >= 4 is 28.1 Å². The summed E-state index contributed by atoms with van der Waals surface area (Å²) in [6.07, 6.45) is 1.94. The molecule has 0 fully saturated rings. The molecule has 21 heavy (non-hydrogen) atoms. The summed E-state index contributed by atoms with van der Waals surface area (Å²) in [5.74, 6) is -2.54. The largest absolute Gasteiger partial charge is 0.478 e. The average molecular weight is 310 g/mol. The number of hydrogen-bond acceptors (Lipinski definition) is 5. The van der Waals surface area contributed by atoms with Crippen molar-refractivity contribution < 1.29 is 27.3 Å². The number of benzene rings is 1. The Hall–Kier alpha value is -2.41. The molecule has 0 bridgehead atoms. The smallest absolute Gasteiger partial charge is 0.350 e. The van der Waals surface area contributed by atoms with Gasteiger partial charge in [0.1, 0.15) is 0 Å². The molecule has 6 nitrogen and oxygen atoms in total. The first-order valence-corrected chi connectivity index (χ1v) is 7.46. The predicted octanol–water partition coefficient (Wildman–Crippen LogP) is 1.95. The van der Waals surface area contributed by atoms with E-state index in [-0.39, 0.29) is 12.0 Å². The van der Waals surface area contributed by atoms with E-state index in [0.29, 0.717) is 11.6 Å². The molecule has 0 aliphatic carbocycles. The molecule has 1 aromatic carbocycles. The predicted molar refractivity (Wildman–Crippen MR) is 76.5 cm³/mol. The topological polar surface area (TPSA) is 97.7 Å². The summed E-state index contributed by atoms with van der Waals surface area (Å²) < 4.78 is 27.6.